The molecule has 0 aromatic carbocycles. The number of hydrogen-bond acceptors (Lipinski definition) is 14. The van der Waals surface area contributed by atoms with Crippen LogP contribution in [0.4, 0.5) is 20.2 Å². The van der Waals surface area contributed by atoms with Crippen LogP contribution in [0.5, 0.6) is 0 Å². The molecule has 0 radical (unpaired) electrons. The number of aromatic nitrogens is 3. The van der Waals surface area contributed by atoms with Crippen molar-refractivity contribution in [3.63, 3.8) is 0 Å². The van der Waals surface area contributed by atoms with Gasteiger partial charge in [0.2, 0.25) is 5.60 Å². The van der Waals surface area contributed by atoms with E-state index >= 15 is 0 Å². The number of carbonyl (C=O) groups is 3. The maximum atomic E-state index is 12.3. The first kappa shape index (κ1) is 26.3. The molecule has 0 spiro atoms. The minimum atomic E-state index is -2.15. The van der Waals surface area contributed by atoms with Gasteiger partial charge in [-0.25, -0.2) is 23.9 Å². The number of nitriles is 1. The lowest BCUT2D eigenvalue weighted by Crippen LogP contribution is -2.50. The second-order valence-electron chi connectivity index (χ2n) is 7.20. The highest BCUT2D eigenvalue weighted by Crippen LogP contribution is 2.44. The molecule has 0 saturated carbocycles. The van der Waals surface area contributed by atoms with Crippen LogP contribution >= 0.6 is 0 Å². The van der Waals surface area contributed by atoms with Crippen molar-refractivity contribution in [2.75, 3.05) is 32.2 Å². The van der Waals surface area contributed by atoms with Gasteiger partial charge in [-0.05, 0) is 32.9 Å². The highest BCUT2D eigenvalue weighted by molar-refractivity contribution is 5.66. The van der Waals surface area contributed by atoms with E-state index in [2.05, 4.69) is 10.1 Å². The Labute approximate surface area is 204 Å². The topological polar surface area (TPSA) is 196 Å². The highest BCUT2D eigenvalue weighted by Gasteiger charge is 2.62. The van der Waals surface area contributed by atoms with Crippen LogP contribution in [-0.2, 0) is 33.2 Å². The first-order valence-electron chi connectivity index (χ1n) is 10.9. The largest absolute Gasteiger partial charge is 0.508 e. The Kier molecular flexibility index (Phi) is 8.33. The van der Waals surface area contributed by atoms with Gasteiger partial charge in [0.25, 0.3) is 0 Å². The number of hydrogen-bond donors (Lipinski definition) is 1. The number of nitrogens with zero attached hydrogens (tertiary/aromatic N) is 4. The number of rotatable bonds is 8. The summed E-state index contributed by atoms with van der Waals surface area (Å²) in [6, 6.07) is 5.00. The van der Waals surface area contributed by atoms with Gasteiger partial charge in [-0.3, -0.25) is 0 Å². The van der Waals surface area contributed by atoms with Crippen molar-refractivity contribution in [3.8, 4) is 6.07 Å². The van der Waals surface area contributed by atoms with Crippen LogP contribution in [-0.4, -0.2) is 77.3 Å². The molecule has 2 aromatic rings. The number of carbonyl (C=O) groups excluding carboxylic acids is 3. The Morgan fingerprint density at radius 1 is 1.06 bits per heavy atom. The maximum Gasteiger partial charge on any atom is 0.508 e. The summed E-state index contributed by atoms with van der Waals surface area (Å²) in [6.45, 7) is 3.86. The lowest BCUT2D eigenvalue weighted by molar-refractivity contribution is -0.0957. The van der Waals surface area contributed by atoms with E-state index in [1.165, 1.54) is 10.8 Å². The molecule has 194 valence electrons. The molecule has 2 aromatic heterocycles. The van der Waals surface area contributed by atoms with Gasteiger partial charge < -0.3 is 38.9 Å². The standard InChI is InChI=1S/C21H25N5O10/c1-4-30-18(27)33-10-21(9-22)16(35-20(29)32-6-3)15(34-19(28)31-5-2)14(36-21)12-7-8-13-17(23)24-11-25-26(12)13/h7-8,11,14-16H,4-6,10H2,1-3H3,(H2,23,24,25)/t14-,15-,16-,21+/m0/s1. The monoisotopic (exact) mass is 507 g/mol. The van der Waals surface area contributed by atoms with Crippen LogP contribution in [0.1, 0.15) is 32.6 Å². The molecule has 36 heavy (non-hydrogen) atoms. The zero-order valence-electron chi connectivity index (χ0n) is 19.7. The van der Waals surface area contributed by atoms with Crippen molar-refractivity contribution in [2.24, 2.45) is 0 Å². The number of fused-ring (bicyclic) bond motifs is 1. The van der Waals surface area contributed by atoms with Crippen molar-refractivity contribution in [1.29, 1.82) is 5.26 Å². The first-order valence-corrected chi connectivity index (χ1v) is 10.9. The van der Waals surface area contributed by atoms with Gasteiger partial charge in [0.05, 0.1) is 25.5 Å². The lowest BCUT2D eigenvalue weighted by Gasteiger charge is -2.27. The summed E-state index contributed by atoms with van der Waals surface area (Å²) in [6.07, 6.45) is -6.56. The molecule has 0 aliphatic carbocycles. The fraction of sp³-hybridized carbons (Fsp3) is 0.524. The van der Waals surface area contributed by atoms with E-state index in [9.17, 15) is 19.6 Å². The Morgan fingerprint density at radius 2 is 1.69 bits per heavy atom. The predicted octanol–water partition coefficient (Wildman–Crippen LogP) is 1.90. The summed E-state index contributed by atoms with van der Waals surface area (Å²) in [4.78, 5) is 40.4. The first-order chi connectivity index (χ1) is 17.3. The summed E-state index contributed by atoms with van der Waals surface area (Å²) in [5.74, 6) is 0.147. The molecule has 4 atom stereocenters. The fourth-order valence-electron chi connectivity index (χ4n) is 3.57. The average Bonchev–Trinajstić information content (AvgIpc) is 3.39. The second kappa shape index (κ2) is 11.4. The lowest BCUT2D eigenvalue weighted by atomic mass is 9.95. The Bertz CT molecular complexity index is 1150. The maximum absolute atomic E-state index is 12.3. The van der Waals surface area contributed by atoms with E-state index in [1.54, 1.807) is 32.9 Å². The smallest absolute Gasteiger partial charge is 0.435 e. The van der Waals surface area contributed by atoms with Crippen LogP contribution in [0.15, 0.2) is 18.5 Å². The molecule has 15 heteroatoms. The van der Waals surface area contributed by atoms with E-state index in [0.29, 0.717) is 5.52 Å². The zero-order chi connectivity index (χ0) is 26.3. The van der Waals surface area contributed by atoms with Crippen molar-refractivity contribution >= 4 is 29.8 Å². The Hall–Kier alpha value is -4.32. The molecule has 0 amide bonds. The number of nitrogens with two attached hydrogens (primary N) is 1. The molecule has 1 saturated heterocycles. The van der Waals surface area contributed by atoms with Crippen molar-refractivity contribution in [2.45, 2.75) is 44.7 Å². The molecule has 1 aliphatic heterocycles. The molecule has 1 fully saturated rings. The SMILES string of the molecule is CCOC(=O)OC[C@@]1(C#N)O[C@@H](c2ccc3c(N)ncnn23)[C@H](OC(=O)OCC)[C@@H]1OC(=O)OCC. The second-order valence-corrected chi connectivity index (χ2v) is 7.20. The van der Waals surface area contributed by atoms with Crippen LogP contribution in [0.3, 0.4) is 0 Å². The minimum Gasteiger partial charge on any atom is -0.435 e. The van der Waals surface area contributed by atoms with E-state index in [0.717, 1.165) is 0 Å². The quantitative estimate of drug-likeness (QED) is 0.401. The number of nitrogen functional groups attached to an aromatic ring is 1. The van der Waals surface area contributed by atoms with Crippen LogP contribution in [0.25, 0.3) is 5.52 Å². The molecular formula is C21H25N5O10. The normalized spacial score (nSPS) is 22.9. The molecule has 0 unspecified atom stereocenters. The van der Waals surface area contributed by atoms with Gasteiger partial charge in [-0.15, -0.1) is 0 Å². The summed E-state index contributed by atoms with van der Waals surface area (Å²) < 4.78 is 37.7. The van der Waals surface area contributed by atoms with Crippen molar-refractivity contribution in [3.05, 3.63) is 24.2 Å². The molecule has 1 aliphatic rings. The zero-order valence-corrected chi connectivity index (χ0v) is 19.7. The molecule has 3 heterocycles. The van der Waals surface area contributed by atoms with E-state index < -0.39 is 49.0 Å². The van der Waals surface area contributed by atoms with Crippen molar-refractivity contribution in [1.82, 2.24) is 14.6 Å². The van der Waals surface area contributed by atoms with Gasteiger partial charge in [0, 0.05) is 0 Å². The van der Waals surface area contributed by atoms with E-state index in [4.69, 9.17) is 38.9 Å². The minimum absolute atomic E-state index is 0.0104. The summed E-state index contributed by atoms with van der Waals surface area (Å²) in [7, 11) is 0. The predicted molar refractivity (Wildman–Crippen MR) is 116 cm³/mol. The average molecular weight is 507 g/mol. The summed E-state index contributed by atoms with van der Waals surface area (Å²) in [5, 5.41) is 14.3. The summed E-state index contributed by atoms with van der Waals surface area (Å²) in [5.41, 5.74) is 4.42. The molecule has 3 rings (SSSR count). The van der Waals surface area contributed by atoms with Crippen LogP contribution < -0.4 is 5.73 Å². The van der Waals surface area contributed by atoms with Crippen molar-refractivity contribution < 1.29 is 47.5 Å². The highest BCUT2D eigenvalue weighted by atomic mass is 16.8. The fourth-order valence-corrected chi connectivity index (χ4v) is 3.57. The third kappa shape index (κ3) is 5.33. The summed E-state index contributed by atoms with van der Waals surface area (Å²) >= 11 is 0. The molecular weight excluding hydrogens is 482 g/mol. The van der Waals surface area contributed by atoms with Gasteiger partial charge in [0.15, 0.2) is 18.0 Å². The Balaban J connectivity index is 2.09. The van der Waals surface area contributed by atoms with Crippen LogP contribution in [0, 0.1) is 11.3 Å². The van der Waals surface area contributed by atoms with Crippen LogP contribution in [0.2, 0.25) is 0 Å². The van der Waals surface area contributed by atoms with Gasteiger partial charge >= 0.3 is 18.5 Å². The third-order valence-electron chi connectivity index (χ3n) is 5.03. The molecule has 2 N–H and O–H groups in total. The van der Waals surface area contributed by atoms with E-state index in [1.807, 2.05) is 6.07 Å². The number of anilines is 1. The van der Waals surface area contributed by atoms with Gasteiger partial charge in [0.1, 0.15) is 30.6 Å². The molecule has 0 bridgehead atoms. The third-order valence-corrected chi connectivity index (χ3v) is 5.03. The Morgan fingerprint density at radius 3 is 2.33 bits per heavy atom. The van der Waals surface area contributed by atoms with Gasteiger partial charge in [-0.2, -0.15) is 10.4 Å². The van der Waals surface area contributed by atoms with E-state index in [-0.39, 0.29) is 31.3 Å². The molecule has 15 nitrogen and oxygen atoms in total. The number of ether oxygens (including phenoxy) is 7. The van der Waals surface area contributed by atoms with Gasteiger partial charge in [-0.1, -0.05) is 0 Å².